The molecule has 6 heteroatoms. The molecule has 21 heavy (non-hydrogen) atoms. The molecule has 0 aliphatic carbocycles. The Hall–Kier alpha value is -2.50. The molecule has 6 nitrogen and oxygen atoms in total. The van der Waals surface area contributed by atoms with Gasteiger partial charge in [-0.05, 0) is 31.2 Å². The van der Waals surface area contributed by atoms with E-state index in [0.29, 0.717) is 6.54 Å². The van der Waals surface area contributed by atoms with Crippen LogP contribution in [0.4, 0.5) is 0 Å². The molecule has 0 saturated carbocycles. The number of benzene rings is 1. The normalized spacial score (nSPS) is 12.1. The van der Waals surface area contributed by atoms with Gasteiger partial charge in [-0.3, -0.25) is 9.59 Å². The minimum atomic E-state index is -1.04. The minimum Gasteiger partial charge on any atom is -0.497 e. The van der Waals surface area contributed by atoms with Crippen molar-refractivity contribution in [3.8, 4) is 5.75 Å². The van der Waals surface area contributed by atoms with Crippen molar-refractivity contribution >= 4 is 22.8 Å². The number of carboxylic acid groups (broad SMARTS) is 1. The van der Waals surface area contributed by atoms with Crippen molar-refractivity contribution in [2.24, 2.45) is 0 Å². The lowest BCUT2D eigenvalue weighted by atomic mass is 10.2. The van der Waals surface area contributed by atoms with Gasteiger partial charge >= 0.3 is 5.97 Å². The highest BCUT2D eigenvalue weighted by Gasteiger charge is 2.13. The monoisotopic (exact) mass is 290 g/mol. The second-order valence-corrected chi connectivity index (χ2v) is 4.81. The molecular weight excluding hydrogens is 272 g/mol. The van der Waals surface area contributed by atoms with E-state index in [0.717, 1.165) is 16.7 Å². The Morgan fingerprint density at radius 3 is 2.81 bits per heavy atom. The summed E-state index contributed by atoms with van der Waals surface area (Å²) in [5, 5.41) is 12.2. The zero-order valence-electron chi connectivity index (χ0n) is 12.0. The Bertz CT molecular complexity index is 663. The Morgan fingerprint density at radius 1 is 1.38 bits per heavy atom. The van der Waals surface area contributed by atoms with Crippen LogP contribution < -0.4 is 10.1 Å². The van der Waals surface area contributed by atoms with Gasteiger partial charge in [0.2, 0.25) is 5.91 Å². The van der Waals surface area contributed by atoms with E-state index in [2.05, 4.69) is 5.32 Å². The minimum absolute atomic E-state index is 0.230. The number of amides is 1. The lowest BCUT2D eigenvalue weighted by Gasteiger charge is -2.10. The first-order valence-corrected chi connectivity index (χ1v) is 6.66. The molecule has 0 fully saturated rings. The Balaban J connectivity index is 2.00. The van der Waals surface area contributed by atoms with Gasteiger partial charge in [0.05, 0.1) is 7.11 Å². The van der Waals surface area contributed by atoms with Crippen molar-refractivity contribution in [1.29, 1.82) is 0 Å². The summed E-state index contributed by atoms with van der Waals surface area (Å²) >= 11 is 0. The highest BCUT2D eigenvalue weighted by molar-refractivity contribution is 5.84. The molecule has 0 saturated heterocycles. The lowest BCUT2D eigenvalue weighted by molar-refractivity contribution is -0.141. The van der Waals surface area contributed by atoms with Crippen LogP contribution >= 0.6 is 0 Å². The SMILES string of the molecule is COc1ccc2c(ccn2CCC(=O)N[C@@H](C)C(=O)O)c1. The van der Waals surface area contributed by atoms with E-state index in [1.165, 1.54) is 6.92 Å². The molecule has 2 N–H and O–H groups in total. The fourth-order valence-corrected chi connectivity index (χ4v) is 2.10. The lowest BCUT2D eigenvalue weighted by Crippen LogP contribution is -2.38. The van der Waals surface area contributed by atoms with E-state index >= 15 is 0 Å². The number of fused-ring (bicyclic) bond motifs is 1. The molecule has 2 aromatic rings. The second-order valence-electron chi connectivity index (χ2n) is 4.81. The van der Waals surface area contributed by atoms with Gasteiger partial charge < -0.3 is 19.7 Å². The summed E-state index contributed by atoms with van der Waals surface area (Å²) in [6.45, 7) is 1.94. The van der Waals surface area contributed by atoms with Gasteiger partial charge in [0.15, 0.2) is 0 Å². The third-order valence-corrected chi connectivity index (χ3v) is 3.31. The number of carboxylic acids is 1. The van der Waals surface area contributed by atoms with Gasteiger partial charge in [-0.2, -0.15) is 0 Å². The first kappa shape index (κ1) is 14.9. The van der Waals surface area contributed by atoms with Crippen molar-refractivity contribution in [1.82, 2.24) is 9.88 Å². The number of nitrogens with one attached hydrogen (secondary N) is 1. The van der Waals surface area contributed by atoms with Gasteiger partial charge in [0.1, 0.15) is 11.8 Å². The zero-order chi connectivity index (χ0) is 15.4. The van der Waals surface area contributed by atoms with Crippen LogP contribution in [0, 0.1) is 0 Å². The summed E-state index contributed by atoms with van der Waals surface area (Å²) in [4.78, 5) is 22.4. The molecule has 0 radical (unpaired) electrons. The van der Waals surface area contributed by atoms with E-state index in [1.807, 2.05) is 35.0 Å². The summed E-state index contributed by atoms with van der Waals surface area (Å²) in [5.74, 6) is -0.532. The van der Waals surface area contributed by atoms with Gasteiger partial charge in [-0.15, -0.1) is 0 Å². The predicted molar refractivity (Wildman–Crippen MR) is 78.3 cm³/mol. The van der Waals surface area contributed by atoms with Crippen molar-refractivity contribution in [3.05, 3.63) is 30.5 Å². The van der Waals surface area contributed by atoms with Crippen LogP contribution in [0.2, 0.25) is 0 Å². The summed E-state index contributed by atoms with van der Waals surface area (Å²) in [6, 6.07) is 6.81. The zero-order valence-corrected chi connectivity index (χ0v) is 12.0. The Morgan fingerprint density at radius 2 is 2.14 bits per heavy atom. The summed E-state index contributed by atoms with van der Waals surface area (Å²) in [5.41, 5.74) is 1.01. The molecule has 0 spiro atoms. The van der Waals surface area contributed by atoms with Crippen LogP contribution in [-0.4, -0.2) is 34.7 Å². The number of methoxy groups -OCH3 is 1. The van der Waals surface area contributed by atoms with E-state index in [-0.39, 0.29) is 12.3 Å². The van der Waals surface area contributed by atoms with E-state index in [4.69, 9.17) is 9.84 Å². The van der Waals surface area contributed by atoms with E-state index < -0.39 is 12.0 Å². The van der Waals surface area contributed by atoms with Gasteiger partial charge in [-0.1, -0.05) is 0 Å². The van der Waals surface area contributed by atoms with Crippen LogP contribution in [0.3, 0.4) is 0 Å². The topological polar surface area (TPSA) is 80.6 Å². The molecule has 0 bridgehead atoms. The maximum Gasteiger partial charge on any atom is 0.325 e. The number of carbonyl (C=O) groups is 2. The van der Waals surface area contributed by atoms with Crippen molar-refractivity contribution in [3.63, 3.8) is 0 Å². The number of ether oxygens (including phenoxy) is 1. The number of rotatable bonds is 6. The number of aliphatic carboxylic acids is 1. The Kier molecular flexibility index (Phi) is 4.47. The van der Waals surface area contributed by atoms with Gasteiger partial charge in [-0.25, -0.2) is 0 Å². The quantitative estimate of drug-likeness (QED) is 0.847. The Labute approximate surface area is 122 Å². The fourth-order valence-electron chi connectivity index (χ4n) is 2.10. The van der Waals surface area contributed by atoms with Crippen LogP contribution in [0.25, 0.3) is 10.9 Å². The van der Waals surface area contributed by atoms with Crippen molar-refractivity contribution < 1.29 is 19.4 Å². The molecule has 2 rings (SSSR count). The number of nitrogens with zero attached hydrogens (tertiary/aromatic N) is 1. The predicted octanol–water partition coefficient (Wildman–Crippen LogP) is 1.63. The molecule has 1 aromatic carbocycles. The maximum atomic E-state index is 11.7. The molecule has 0 unspecified atom stereocenters. The molecule has 1 amide bonds. The number of aromatic nitrogens is 1. The van der Waals surface area contributed by atoms with Crippen LogP contribution in [-0.2, 0) is 16.1 Å². The number of carbonyl (C=O) groups excluding carboxylic acids is 1. The number of aryl methyl sites for hydroxylation is 1. The van der Waals surface area contributed by atoms with Gasteiger partial charge in [0, 0.05) is 30.1 Å². The highest BCUT2D eigenvalue weighted by Crippen LogP contribution is 2.21. The van der Waals surface area contributed by atoms with Crippen LogP contribution in [0.15, 0.2) is 30.5 Å². The largest absolute Gasteiger partial charge is 0.497 e. The molecule has 112 valence electrons. The molecule has 0 aliphatic heterocycles. The van der Waals surface area contributed by atoms with E-state index in [1.54, 1.807) is 7.11 Å². The molecule has 0 aliphatic rings. The van der Waals surface area contributed by atoms with Crippen molar-refractivity contribution in [2.45, 2.75) is 25.9 Å². The molecular formula is C15H18N2O4. The average molecular weight is 290 g/mol. The molecule has 1 heterocycles. The third kappa shape index (κ3) is 3.53. The number of hydrogen-bond donors (Lipinski definition) is 2. The summed E-state index contributed by atoms with van der Waals surface area (Å²) < 4.78 is 7.13. The van der Waals surface area contributed by atoms with Crippen molar-refractivity contribution in [2.75, 3.05) is 7.11 Å². The smallest absolute Gasteiger partial charge is 0.325 e. The van der Waals surface area contributed by atoms with Crippen LogP contribution in [0.1, 0.15) is 13.3 Å². The van der Waals surface area contributed by atoms with Crippen LogP contribution in [0.5, 0.6) is 5.75 Å². The first-order chi connectivity index (χ1) is 10.0. The summed E-state index contributed by atoms with van der Waals surface area (Å²) in [6.07, 6.45) is 2.13. The third-order valence-electron chi connectivity index (χ3n) is 3.31. The highest BCUT2D eigenvalue weighted by atomic mass is 16.5. The van der Waals surface area contributed by atoms with Gasteiger partial charge in [0.25, 0.3) is 0 Å². The van der Waals surface area contributed by atoms with E-state index in [9.17, 15) is 9.59 Å². The second kappa shape index (κ2) is 6.30. The fraction of sp³-hybridized carbons (Fsp3) is 0.333. The summed E-state index contributed by atoms with van der Waals surface area (Å²) in [7, 11) is 1.62. The first-order valence-electron chi connectivity index (χ1n) is 6.66. The molecule has 1 atom stereocenters. The standard InChI is InChI=1S/C15H18N2O4/c1-10(15(19)20)16-14(18)6-8-17-7-5-11-9-12(21-2)3-4-13(11)17/h3-5,7,9-10H,6,8H2,1-2H3,(H,16,18)(H,19,20)/t10-/m0/s1. The average Bonchev–Trinajstić information content (AvgIpc) is 2.87. The maximum absolute atomic E-state index is 11.7. The number of hydrogen-bond acceptors (Lipinski definition) is 3. The molecule has 1 aromatic heterocycles.